The molecule has 0 aliphatic heterocycles. The number of carbonyl (C=O) groups excluding carboxylic acids is 2. The first-order valence-corrected chi connectivity index (χ1v) is 9.63. The van der Waals surface area contributed by atoms with Crippen LogP contribution < -0.4 is 10.6 Å². The number of benzene rings is 1. The van der Waals surface area contributed by atoms with Crippen molar-refractivity contribution in [1.82, 2.24) is 10.6 Å². The molecular formula is C20H28N2O4. The van der Waals surface area contributed by atoms with Crippen molar-refractivity contribution >= 4 is 11.8 Å². The van der Waals surface area contributed by atoms with Gasteiger partial charge in [0.15, 0.2) is 0 Å². The number of carbonyl (C=O) groups is 2. The van der Waals surface area contributed by atoms with Crippen LogP contribution in [-0.4, -0.2) is 46.3 Å². The summed E-state index contributed by atoms with van der Waals surface area (Å²) in [5.41, 5.74) is 0.598. The van der Waals surface area contributed by atoms with Crippen LogP contribution in [0.3, 0.4) is 0 Å². The lowest BCUT2D eigenvalue weighted by Gasteiger charge is -2.29. The van der Waals surface area contributed by atoms with Gasteiger partial charge in [-0.1, -0.05) is 37.8 Å². The van der Waals surface area contributed by atoms with E-state index < -0.39 is 12.2 Å². The SMILES string of the molecule is O=C(NC1CCCCC1O)c1ccccc1C(=O)NC1CCCCC1O. The molecule has 6 nitrogen and oxygen atoms in total. The number of rotatable bonds is 4. The number of nitrogens with one attached hydrogen (secondary N) is 2. The summed E-state index contributed by atoms with van der Waals surface area (Å²) in [6.45, 7) is 0. The summed E-state index contributed by atoms with van der Waals surface area (Å²) in [5, 5.41) is 25.9. The van der Waals surface area contributed by atoms with E-state index in [1.807, 2.05) is 0 Å². The molecule has 0 aromatic heterocycles. The highest BCUT2D eigenvalue weighted by molar-refractivity contribution is 6.07. The van der Waals surface area contributed by atoms with Gasteiger partial charge in [-0.25, -0.2) is 0 Å². The second-order valence-electron chi connectivity index (χ2n) is 7.41. The molecule has 4 N–H and O–H groups in total. The lowest BCUT2D eigenvalue weighted by atomic mass is 9.91. The van der Waals surface area contributed by atoms with Crippen LogP contribution in [-0.2, 0) is 0 Å². The molecule has 142 valence electrons. The molecule has 1 aromatic rings. The van der Waals surface area contributed by atoms with Gasteiger partial charge in [-0.3, -0.25) is 9.59 Å². The lowest BCUT2D eigenvalue weighted by molar-refractivity contribution is 0.0696. The molecule has 1 aromatic carbocycles. The molecule has 4 atom stereocenters. The quantitative estimate of drug-likeness (QED) is 0.657. The van der Waals surface area contributed by atoms with Crippen LogP contribution in [0, 0.1) is 0 Å². The van der Waals surface area contributed by atoms with E-state index in [4.69, 9.17) is 0 Å². The van der Waals surface area contributed by atoms with Crippen molar-refractivity contribution in [3.8, 4) is 0 Å². The number of aliphatic hydroxyl groups excluding tert-OH is 2. The van der Waals surface area contributed by atoms with Gasteiger partial charge in [-0.15, -0.1) is 0 Å². The summed E-state index contributed by atoms with van der Waals surface area (Å²) in [6, 6.07) is 6.14. The largest absolute Gasteiger partial charge is 0.391 e. The summed E-state index contributed by atoms with van der Waals surface area (Å²) in [7, 11) is 0. The summed E-state index contributed by atoms with van der Waals surface area (Å²) in [6.07, 6.45) is 5.68. The first-order valence-electron chi connectivity index (χ1n) is 9.63. The molecule has 2 fully saturated rings. The second-order valence-corrected chi connectivity index (χ2v) is 7.41. The Bertz CT molecular complexity index is 593. The van der Waals surface area contributed by atoms with Gasteiger partial charge in [0, 0.05) is 0 Å². The summed E-state index contributed by atoms with van der Waals surface area (Å²) < 4.78 is 0. The van der Waals surface area contributed by atoms with Crippen molar-refractivity contribution in [3.63, 3.8) is 0 Å². The predicted octanol–water partition coefficient (Wildman–Crippen LogP) is 1.75. The number of hydrogen-bond donors (Lipinski definition) is 4. The normalized spacial score (nSPS) is 29.0. The topological polar surface area (TPSA) is 98.7 Å². The molecule has 3 rings (SSSR count). The van der Waals surface area contributed by atoms with Gasteiger partial charge in [-0.05, 0) is 37.8 Å². The highest BCUT2D eigenvalue weighted by Gasteiger charge is 2.28. The van der Waals surface area contributed by atoms with E-state index in [0.29, 0.717) is 24.0 Å². The number of hydrogen-bond acceptors (Lipinski definition) is 4. The minimum atomic E-state index is -0.536. The van der Waals surface area contributed by atoms with Gasteiger partial charge >= 0.3 is 0 Å². The van der Waals surface area contributed by atoms with Gasteiger partial charge in [0.25, 0.3) is 11.8 Å². The average Bonchev–Trinajstić information content (AvgIpc) is 2.65. The Hall–Kier alpha value is -1.92. The Morgan fingerprint density at radius 1 is 0.731 bits per heavy atom. The highest BCUT2D eigenvalue weighted by atomic mass is 16.3. The zero-order chi connectivity index (χ0) is 18.5. The standard InChI is InChI=1S/C20H28N2O4/c23-17-11-5-3-9-15(17)21-19(25)13-7-1-2-8-14(13)20(26)22-16-10-4-6-12-18(16)24/h1-2,7-8,15-18,23-24H,3-6,9-12H2,(H,21,25)(H,22,26). The fourth-order valence-corrected chi connectivity index (χ4v) is 3.93. The van der Waals surface area contributed by atoms with E-state index in [9.17, 15) is 19.8 Å². The van der Waals surface area contributed by atoms with Crippen molar-refractivity contribution < 1.29 is 19.8 Å². The summed E-state index contributed by atoms with van der Waals surface area (Å²) in [5.74, 6) is -0.684. The van der Waals surface area contributed by atoms with Crippen LogP contribution in [0.25, 0.3) is 0 Å². The van der Waals surface area contributed by atoms with Crippen LogP contribution >= 0.6 is 0 Å². The van der Waals surface area contributed by atoms with E-state index >= 15 is 0 Å². The first kappa shape index (κ1) is 18.9. The molecule has 2 aliphatic carbocycles. The Balaban J connectivity index is 1.70. The third-order valence-corrected chi connectivity index (χ3v) is 5.51. The van der Waals surface area contributed by atoms with E-state index in [0.717, 1.165) is 38.5 Å². The van der Waals surface area contributed by atoms with Crippen LogP contribution in [0.5, 0.6) is 0 Å². The smallest absolute Gasteiger partial charge is 0.252 e. The average molecular weight is 360 g/mol. The first-order chi connectivity index (χ1) is 12.6. The van der Waals surface area contributed by atoms with Crippen molar-refractivity contribution in [1.29, 1.82) is 0 Å². The maximum Gasteiger partial charge on any atom is 0.252 e. The maximum atomic E-state index is 12.7. The van der Waals surface area contributed by atoms with Gasteiger partial charge in [-0.2, -0.15) is 0 Å². The van der Waals surface area contributed by atoms with Crippen molar-refractivity contribution in [2.75, 3.05) is 0 Å². The molecule has 2 amide bonds. The molecule has 0 spiro atoms. The van der Waals surface area contributed by atoms with Crippen LogP contribution in [0.4, 0.5) is 0 Å². The Morgan fingerprint density at radius 2 is 1.12 bits per heavy atom. The molecule has 0 radical (unpaired) electrons. The van der Waals surface area contributed by atoms with Gasteiger partial charge in [0.05, 0.1) is 35.4 Å². The van der Waals surface area contributed by atoms with Crippen molar-refractivity contribution in [2.24, 2.45) is 0 Å². The second kappa shape index (κ2) is 8.64. The highest BCUT2D eigenvalue weighted by Crippen LogP contribution is 2.21. The number of aliphatic hydroxyl groups is 2. The molecular weight excluding hydrogens is 332 g/mol. The molecule has 0 saturated heterocycles. The molecule has 26 heavy (non-hydrogen) atoms. The fourth-order valence-electron chi connectivity index (χ4n) is 3.93. The van der Waals surface area contributed by atoms with Crippen molar-refractivity contribution in [3.05, 3.63) is 35.4 Å². The third kappa shape index (κ3) is 4.43. The zero-order valence-electron chi connectivity index (χ0n) is 15.0. The molecule has 0 bridgehead atoms. The van der Waals surface area contributed by atoms with Crippen LogP contribution in [0.1, 0.15) is 72.1 Å². The summed E-state index contributed by atoms with van der Waals surface area (Å²) in [4.78, 5) is 25.4. The van der Waals surface area contributed by atoms with Gasteiger partial charge < -0.3 is 20.8 Å². The summed E-state index contributed by atoms with van der Waals surface area (Å²) >= 11 is 0. The predicted molar refractivity (Wildman–Crippen MR) is 97.9 cm³/mol. The van der Waals surface area contributed by atoms with Gasteiger partial charge in [0.2, 0.25) is 0 Å². The van der Waals surface area contributed by atoms with E-state index in [2.05, 4.69) is 10.6 Å². The lowest BCUT2D eigenvalue weighted by Crippen LogP contribution is -2.47. The van der Waals surface area contributed by atoms with Crippen molar-refractivity contribution in [2.45, 2.75) is 75.7 Å². The van der Waals surface area contributed by atoms with E-state index in [-0.39, 0.29) is 23.9 Å². The molecule has 2 saturated carbocycles. The van der Waals surface area contributed by atoms with Crippen LogP contribution in [0.2, 0.25) is 0 Å². The minimum Gasteiger partial charge on any atom is -0.391 e. The third-order valence-electron chi connectivity index (χ3n) is 5.51. The van der Waals surface area contributed by atoms with E-state index in [1.165, 1.54) is 0 Å². The Labute approximate surface area is 154 Å². The fraction of sp³-hybridized carbons (Fsp3) is 0.600. The Morgan fingerprint density at radius 3 is 1.50 bits per heavy atom. The maximum absolute atomic E-state index is 12.7. The van der Waals surface area contributed by atoms with E-state index in [1.54, 1.807) is 24.3 Å². The minimum absolute atomic E-state index is 0.271. The molecule has 6 heteroatoms. The molecule has 2 aliphatic rings. The monoisotopic (exact) mass is 360 g/mol. The van der Waals surface area contributed by atoms with Gasteiger partial charge in [0.1, 0.15) is 0 Å². The van der Waals surface area contributed by atoms with Crippen LogP contribution in [0.15, 0.2) is 24.3 Å². The molecule has 0 heterocycles. The Kier molecular flexibility index (Phi) is 6.27. The molecule has 4 unspecified atom stereocenters. The number of amides is 2. The zero-order valence-corrected chi connectivity index (χ0v) is 15.0.